The molecule has 0 radical (unpaired) electrons. The lowest BCUT2D eigenvalue weighted by atomic mass is 10.1. The molecule has 0 spiro atoms. The highest BCUT2D eigenvalue weighted by Gasteiger charge is 2.18. The minimum atomic E-state index is -0.296. The molecule has 1 fully saturated rings. The van der Waals surface area contributed by atoms with Crippen LogP contribution in [0.3, 0.4) is 0 Å². The lowest BCUT2D eigenvalue weighted by molar-refractivity contribution is 0.0724. The highest BCUT2D eigenvalue weighted by atomic mass is 32.2. The molecule has 1 aromatic heterocycles. The van der Waals surface area contributed by atoms with Gasteiger partial charge < -0.3 is 10.2 Å². The van der Waals surface area contributed by atoms with E-state index in [0.717, 1.165) is 25.9 Å². The van der Waals surface area contributed by atoms with Crippen molar-refractivity contribution in [1.82, 2.24) is 14.9 Å². The number of piperidine rings is 1. The Kier molecular flexibility index (Phi) is 5.65. The minimum Gasteiger partial charge on any atom is -0.339 e. The van der Waals surface area contributed by atoms with Crippen LogP contribution in [-0.4, -0.2) is 46.0 Å². The summed E-state index contributed by atoms with van der Waals surface area (Å²) in [6, 6.07) is 7.04. The summed E-state index contributed by atoms with van der Waals surface area (Å²) >= 11 is 1.42. The number of rotatable bonds is 4. The van der Waals surface area contributed by atoms with Crippen LogP contribution in [0.4, 0.5) is 5.69 Å². The van der Waals surface area contributed by atoms with Crippen LogP contribution in [0.25, 0.3) is 0 Å². The first-order chi connectivity index (χ1) is 12.2. The van der Waals surface area contributed by atoms with Gasteiger partial charge in [0.1, 0.15) is 0 Å². The zero-order valence-corrected chi connectivity index (χ0v) is 14.9. The first-order valence-electron chi connectivity index (χ1n) is 8.24. The predicted molar refractivity (Wildman–Crippen MR) is 98.0 cm³/mol. The van der Waals surface area contributed by atoms with E-state index < -0.39 is 0 Å². The number of hydrogen-bond acceptors (Lipinski definition) is 5. The van der Waals surface area contributed by atoms with Gasteiger partial charge in [-0.2, -0.15) is 0 Å². The van der Waals surface area contributed by atoms with E-state index >= 15 is 0 Å². The third-order valence-electron chi connectivity index (χ3n) is 4.08. The maximum atomic E-state index is 12.6. The summed E-state index contributed by atoms with van der Waals surface area (Å²) in [6.45, 7) is 1.60. The number of carbonyl (C=O) groups excluding carboxylic acids is 2. The monoisotopic (exact) mass is 356 g/mol. The van der Waals surface area contributed by atoms with E-state index in [0.29, 0.717) is 22.0 Å². The summed E-state index contributed by atoms with van der Waals surface area (Å²) in [6.07, 6.45) is 8.15. The number of aromatic nitrogens is 2. The summed E-state index contributed by atoms with van der Waals surface area (Å²) in [5.41, 5.74) is 1.56. The van der Waals surface area contributed by atoms with E-state index in [2.05, 4.69) is 15.3 Å². The average Bonchev–Trinajstić information content (AvgIpc) is 2.68. The van der Waals surface area contributed by atoms with Crippen molar-refractivity contribution in [2.45, 2.75) is 24.4 Å². The molecule has 7 heteroatoms. The standard InChI is InChI=1S/C18H20N4O2S/c1-25-18-19-11-14(12-20-18)16(23)21-15-7-5-6-13(10-15)17(24)22-8-3-2-4-9-22/h5-7,10-12H,2-4,8-9H2,1H3,(H,21,23). The van der Waals surface area contributed by atoms with Gasteiger partial charge in [0.15, 0.2) is 5.16 Å². The van der Waals surface area contributed by atoms with Crippen LogP contribution >= 0.6 is 11.8 Å². The van der Waals surface area contributed by atoms with Gasteiger partial charge in [-0.15, -0.1) is 0 Å². The van der Waals surface area contributed by atoms with Crippen LogP contribution in [0.1, 0.15) is 40.0 Å². The normalized spacial score (nSPS) is 14.2. The van der Waals surface area contributed by atoms with Crippen molar-refractivity contribution in [2.75, 3.05) is 24.7 Å². The van der Waals surface area contributed by atoms with Gasteiger partial charge >= 0.3 is 0 Å². The summed E-state index contributed by atoms with van der Waals surface area (Å²) in [5, 5.41) is 3.41. The van der Waals surface area contributed by atoms with Crippen molar-refractivity contribution < 1.29 is 9.59 Å². The minimum absolute atomic E-state index is 0.0171. The van der Waals surface area contributed by atoms with Crippen LogP contribution in [-0.2, 0) is 0 Å². The maximum Gasteiger partial charge on any atom is 0.258 e. The number of likely N-dealkylation sites (tertiary alicyclic amines) is 1. The summed E-state index contributed by atoms with van der Waals surface area (Å²) in [5.74, 6) is -0.279. The molecule has 0 saturated carbocycles. The Morgan fingerprint density at radius 3 is 2.48 bits per heavy atom. The molecule has 1 N–H and O–H groups in total. The van der Waals surface area contributed by atoms with E-state index in [1.54, 1.807) is 24.3 Å². The van der Waals surface area contributed by atoms with Gasteiger partial charge in [0.25, 0.3) is 11.8 Å². The van der Waals surface area contributed by atoms with Crippen LogP contribution in [0.2, 0.25) is 0 Å². The summed E-state index contributed by atoms with van der Waals surface area (Å²) in [7, 11) is 0. The number of hydrogen-bond donors (Lipinski definition) is 1. The fourth-order valence-electron chi connectivity index (χ4n) is 2.75. The van der Waals surface area contributed by atoms with Gasteiger partial charge in [-0.3, -0.25) is 9.59 Å². The van der Waals surface area contributed by atoms with Crippen LogP contribution in [0.15, 0.2) is 41.8 Å². The number of benzene rings is 1. The molecular formula is C18H20N4O2S. The second-order valence-corrected chi connectivity index (χ2v) is 6.62. The fraction of sp³-hybridized carbons (Fsp3) is 0.333. The van der Waals surface area contributed by atoms with Gasteiger partial charge in [0.2, 0.25) is 0 Å². The quantitative estimate of drug-likeness (QED) is 0.673. The molecular weight excluding hydrogens is 336 g/mol. The van der Waals surface area contributed by atoms with E-state index in [-0.39, 0.29) is 11.8 Å². The van der Waals surface area contributed by atoms with Crippen molar-refractivity contribution in [2.24, 2.45) is 0 Å². The Morgan fingerprint density at radius 1 is 1.08 bits per heavy atom. The molecule has 2 aromatic rings. The highest BCUT2D eigenvalue weighted by Crippen LogP contribution is 2.17. The summed E-state index contributed by atoms with van der Waals surface area (Å²) < 4.78 is 0. The second-order valence-electron chi connectivity index (χ2n) is 5.85. The molecule has 1 aliphatic rings. The highest BCUT2D eigenvalue weighted by molar-refractivity contribution is 7.98. The molecule has 3 rings (SSSR count). The van der Waals surface area contributed by atoms with Gasteiger partial charge in [-0.1, -0.05) is 17.8 Å². The van der Waals surface area contributed by atoms with Gasteiger partial charge in [-0.05, 0) is 43.7 Å². The number of thioether (sulfide) groups is 1. The van der Waals surface area contributed by atoms with Crippen LogP contribution < -0.4 is 5.32 Å². The Hall–Kier alpha value is -2.41. The predicted octanol–water partition coefficient (Wildman–Crippen LogP) is 3.08. The molecule has 0 atom stereocenters. The molecule has 0 unspecified atom stereocenters. The third-order valence-corrected chi connectivity index (χ3v) is 4.66. The van der Waals surface area contributed by atoms with Crippen LogP contribution in [0, 0.1) is 0 Å². The molecule has 1 saturated heterocycles. The third kappa shape index (κ3) is 4.36. The maximum absolute atomic E-state index is 12.6. The van der Waals surface area contributed by atoms with Crippen molar-refractivity contribution in [3.63, 3.8) is 0 Å². The number of anilines is 1. The molecule has 25 heavy (non-hydrogen) atoms. The number of amides is 2. The first-order valence-corrected chi connectivity index (χ1v) is 9.46. The Bertz CT molecular complexity index is 758. The zero-order chi connectivity index (χ0) is 17.6. The molecule has 2 heterocycles. The van der Waals surface area contributed by atoms with Crippen molar-refractivity contribution >= 4 is 29.3 Å². The average molecular weight is 356 g/mol. The Labute approximate surface area is 151 Å². The number of nitrogens with one attached hydrogen (secondary N) is 1. The smallest absolute Gasteiger partial charge is 0.258 e. The molecule has 130 valence electrons. The van der Waals surface area contributed by atoms with Gasteiger partial charge in [-0.25, -0.2) is 9.97 Å². The van der Waals surface area contributed by atoms with E-state index in [9.17, 15) is 9.59 Å². The van der Waals surface area contributed by atoms with Crippen LogP contribution in [0.5, 0.6) is 0 Å². The Balaban J connectivity index is 1.70. The van der Waals surface area contributed by atoms with Crippen molar-refractivity contribution in [3.05, 3.63) is 47.8 Å². The van der Waals surface area contributed by atoms with Gasteiger partial charge in [0.05, 0.1) is 5.56 Å². The fourth-order valence-corrected chi connectivity index (χ4v) is 3.07. The molecule has 0 aliphatic carbocycles. The van der Waals surface area contributed by atoms with Crippen molar-refractivity contribution in [3.8, 4) is 0 Å². The molecule has 2 amide bonds. The molecule has 1 aliphatic heterocycles. The SMILES string of the molecule is CSc1ncc(C(=O)Nc2cccc(C(=O)N3CCCCC3)c2)cn1. The molecule has 0 bridgehead atoms. The largest absolute Gasteiger partial charge is 0.339 e. The Morgan fingerprint density at radius 2 is 1.80 bits per heavy atom. The number of nitrogens with zero attached hydrogens (tertiary/aromatic N) is 3. The van der Waals surface area contributed by atoms with Gasteiger partial charge in [0, 0.05) is 36.7 Å². The van der Waals surface area contributed by atoms with E-state index in [1.807, 2.05) is 11.2 Å². The topological polar surface area (TPSA) is 75.2 Å². The summed E-state index contributed by atoms with van der Waals surface area (Å²) in [4.78, 5) is 34.9. The molecule has 6 nitrogen and oxygen atoms in total. The van der Waals surface area contributed by atoms with E-state index in [1.165, 1.54) is 30.6 Å². The molecule has 1 aromatic carbocycles. The first kappa shape index (κ1) is 17.4. The lowest BCUT2D eigenvalue weighted by Gasteiger charge is -2.26. The van der Waals surface area contributed by atoms with Crippen molar-refractivity contribution in [1.29, 1.82) is 0 Å². The second kappa shape index (κ2) is 8.11. The number of carbonyl (C=O) groups is 2. The lowest BCUT2D eigenvalue weighted by Crippen LogP contribution is -2.35. The zero-order valence-electron chi connectivity index (χ0n) is 14.1. The van der Waals surface area contributed by atoms with E-state index in [4.69, 9.17) is 0 Å².